The second kappa shape index (κ2) is 7.26. The Morgan fingerprint density at radius 2 is 2.05 bits per heavy atom. The smallest absolute Gasteiger partial charge is 0.389 e. The van der Waals surface area contributed by atoms with Gasteiger partial charge in [0.2, 0.25) is 5.91 Å². The molecule has 0 aliphatic heterocycles. The average molecular weight is 319 g/mol. The standard InChI is InChI=1S/C13H16F3N3OS/c1-2-5-18-11(20)7-19-10-4-3-8(13(14,15)16)6-9(10)12(17)21/h3-4,6,19H,2,5,7H2,1H3,(H2,17,21)(H,18,20). The highest BCUT2D eigenvalue weighted by atomic mass is 32.1. The number of hydrogen-bond donors (Lipinski definition) is 3. The predicted octanol–water partition coefficient (Wildman–Crippen LogP) is 2.28. The Balaban J connectivity index is 2.87. The van der Waals surface area contributed by atoms with Crippen molar-refractivity contribution in [1.29, 1.82) is 0 Å². The lowest BCUT2D eigenvalue weighted by atomic mass is 10.1. The van der Waals surface area contributed by atoms with Gasteiger partial charge in [0.25, 0.3) is 0 Å². The van der Waals surface area contributed by atoms with Crippen LogP contribution in [0.1, 0.15) is 24.5 Å². The van der Waals surface area contributed by atoms with E-state index in [4.69, 9.17) is 18.0 Å². The summed E-state index contributed by atoms with van der Waals surface area (Å²) < 4.78 is 37.9. The maximum atomic E-state index is 12.6. The third-order valence-electron chi connectivity index (χ3n) is 2.62. The summed E-state index contributed by atoms with van der Waals surface area (Å²) in [4.78, 5) is 11.3. The number of halogens is 3. The number of nitrogens with one attached hydrogen (secondary N) is 2. The normalized spacial score (nSPS) is 11.0. The summed E-state index contributed by atoms with van der Waals surface area (Å²) in [5.41, 5.74) is 4.95. The highest BCUT2D eigenvalue weighted by Crippen LogP contribution is 2.31. The first kappa shape index (κ1) is 17.2. The molecule has 1 aromatic rings. The van der Waals surface area contributed by atoms with E-state index in [0.29, 0.717) is 12.2 Å². The first-order chi connectivity index (χ1) is 9.75. The fraction of sp³-hybridized carbons (Fsp3) is 0.385. The Labute approximate surface area is 125 Å². The molecule has 0 saturated carbocycles. The maximum Gasteiger partial charge on any atom is 0.416 e. The number of hydrogen-bond acceptors (Lipinski definition) is 3. The van der Waals surface area contributed by atoms with Crippen molar-refractivity contribution in [2.45, 2.75) is 19.5 Å². The Bertz CT molecular complexity index is 532. The lowest BCUT2D eigenvalue weighted by Gasteiger charge is -2.14. The van der Waals surface area contributed by atoms with Crippen LogP contribution in [0.25, 0.3) is 0 Å². The van der Waals surface area contributed by atoms with E-state index in [2.05, 4.69) is 10.6 Å². The minimum atomic E-state index is -4.48. The number of amides is 1. The van der Waals surface area contributed by atoms with Crippen molar-refractivity contribution in [3.05, 3.63) is 29.3 Å². The summed E-state index contributed by atoms with van der Waals surface area (Å²) in [6, 6.07) is 2.99. The van der Waals surface area contributed by atoms with E-state index in [1.54, 1.807) is 0 Å². The van der Waals surface area contributed by atoms with Crippen molar-refractivity contribution in [1.82, 2.24) is 5.32 Å². The topological polar surface area (TPSA) is 67.2 Å². The number of alkyl halides is 3. The second-order valence-corrected chi connectivity index (χ2v) is 4.77. The van der Waals surface area contributed by atoms with E-state index < -0.39 is 11.7 Å². The van der Waals surface area contributed by atoms with Crippen LogP contribution < -0.4 is 16.4 Å². The number of anilines is 1. The molecule has 1 amide bonds. The van der Waals surface area contributed by atoms with Gasteiger partial charge in [-0.25, -0.2) is 0 Å². The van der Waals surface area contributed by atoms with Gasteiger partial charge in [-0.05, 0) is 24.6 Å². The summed E-state index contributed by atoms with van der Waals surface area (Å²) in [5, 5.41) is 5.38. The number of thiocarbonyl (C=S) groups is 1. The van der Waals surface area contributed by atoms with Crippen LogP contribution in [0.15, 0.2) is 18.2 Å². The minimum Gasteiger partial charge on any atom is -0.389 e. The van der Waals surface area contributed by atoms with Gasteiger partial charge in [-0.15, -0.1) is 0 Å². The molecule has 8 heteroatoms. The fourth-order valence-corrected chi connectivity index (χ4v) is 1.75. The molecule has 0 spiro atoms. The van der Waals surface area contributed by atoms with Gasteiger partial charge < -0.3 is 16.4 Å². The maximum absolute atomic E-state index is 12.6. The molecular weight excluding hydrogens is 303 g/mol. The Morgan fingerprint density at radius 1 is 1.38 bits per heavy atom. The molecule has 0 aliphatic carbocycles. The molecular formula is C13H16F3N3OS. The van der Waals surface area contributed by atoms with Crippen LogP contribution >= 0.6 is 12.2 Å². The van der Waals surface area contributed by atoms with Crippen molar-refractivity contribution < 1.29 is 18.0 Å². The lowest BCUT2D eigenvalue weighted by molar-refractivity contribution is -0.137. The van der Waals surface area contributed by atoms with Gasteiger partial charge in [-0.3, -0.25) is 4.79 Å². The molecule has 0 bridgehead atoms. The zero-order valence-corrected chi connectivity index (χ0v) is 12.2. The molecule has 4 N–H and O–H groups in total. The van der Waals surface area contributed by atoms with Gasteiger partial charge in [-0.2, -0.15) is 13.2 Å². The van der Waals surface area contributed by atoms with Crippen LogP contribution in [0.5, 0.6) is 0 Å². The fourth-order valence-electron chi connectivity index (χ4n) is 1.58. The second-order valence-electron chi connectivity index (χ2n) is 4.33. The summed E-state index contributed by atoms with van der Waals surface area (Å²) in [6.45, 7) is 2.38. The number of carbonyl (C=O) groups is 1. The highest BCUT2D eigenvalue weighted by Gasteiger charge is 2.31. The SMILES string of the molecule is CCCNC(=O)CNc1ccc(C(F)(F)F)cc1C(N)=S. The monoisotopic (exact) mass is 319 g/mol. The van der Waals surface area contributed by atoms with Crippen molar-refractivity contribution in [3.63, 3.8) is 0 Å². The molecule has 0 radical (unpaired) electrons. The van der Waals surface area contributed by atoms with Crippen molar-refractivity contribution in [2.75, 3.05) is 18.4 Å². The summed E-state index contributed by atoms with van der Waals surface area (Å²) in [6.07, 6.45) is -3.68. The van der Waals surface area contributed by atoms with Gasteiger partial charge in [0.05, 0.1) is 12.1 Å². The molecule has 1 rings (SSSR count). The number of nitrogens with two attached hydrogens (primary N) is 1. The van der Waals surface area contributed by atoms with E-state index >= 15 is 0 Å². The average Bonchev–Trinajstić information content (AvgIpc) is 2.41. The van der Waals surface area contributed by atoms with Crippen molar-refractivity contribution >= 4 is 28.8 Å². The third kappa shape index (κ3) is 5.22. The van der Waals surface area contributed by atoms with Crippen LogP contribution in [-0.4, -0.2) is 24.0 Å². The Morgan fingerprint density at radius 3 is 2.57 bits per heavy atom. The molecule has 4 nitrogen and oxygen atoms in total. The largest absolute Gasteiger partial charge is 0.416 e. The first-order valence-electron chi connectivity index (χ1n) is 6.27. The Hall–Kier alpha value is -1.83. The number of rotatable bonds is 6. The van der Waals surface area contributed by atoms with Gasteiger partial charge in [-0.1, -0.05) is 19.1 Å². The van der Waals surface area contributed by atoms with Gasteiger partial charge in [0, 0.05) is 17.8 Å². The van der Waals surface area contributed by atoms with Crippen LogP contribution in [0.2, 0.25) is 0 Å². The van der Waals surface area contributed by atoms with Crippen LogP contribution in [0, 0.1) is 0 Å². The van der Waals surface area contributed by atoms with Crippen LogP contribution in [0.4, 0.5) is 18.9 Å². The van der Waals surface area contributed by atoms with Crippen molar-refractivity contribution in [3.8, 4) is 0 Å². The number of benzene rings is 1. The molecule has 1 aromatic carbocycles. The molecule has 116 valence electrons. The predicted molar refractivity (Wildman–Crippen MR) is 79.1 cm³/mol. The molecule has 0 aromatic heterocycles. The van der Waals surface area contributed by atoms with E-state index in [1.807, 2.05) is 6.92 Å². The zero-order valence-electron chi connectivity index (χ0n) is 11.4. The van der Waals surface area contributed by atoms with Gasteiger partial charge in [0.15, 0.2) is 0 Å². The lowest BCUT2D eigenvalue weighted by Crippen LogP contribution is -2.30. The molecule has 0 unspecified atom stereocenters. The van der Waals surface area contributed by atoms with E-state index in [9.17, 15) is 18.0 Å². The van der Waals surface area contributed by atoms with E-state index in [0.717, 1.165) is 18.6 Å². The highest BCUT2D eigenvalue weighted by molar-refractivity contribution is 7.80. The molecule has 21 heavy (non-hydrogen) atoms. The molecule has 0 heterocycles. The molecule has 0 saturated heterocycles. The number of carbonyl (C=O) groups excluding carboxylic acids is 1. The first-order valence-corrected chi connectivity index (χ1v) is 6.68. The van der Waals surface area contributed by atoms with Crippen molar-refractivity contribution in [2.24, 2.45) is 5.73 Å². The van der Waals surface area contributed by atoms with Gasteiger partial charge >= 0.3 is 6.18 Å². The molecule has 0 aliphatic rings. The Kier molecular flexibility index (Phi) is 5.95. The summed E-state index contributed by atoms with van der Waals surface area (Å²) in [5.74, 6) is -0.259. The molecule has 0 fully saturated rings. The third-order valence-corrected chi connectivity index (χ3v) is 2.84. The zero-order chi connectivity index (χ0) is 16.0. The molecule has 0 atom stereocenters. The van der Waals surface area contributed by atoms with E-state index in [-0.39, 0.29) is 23.0 Å². The van der Waals surface area contributed by atoms with E-state index in [1.165, 1.54) is 6.07 Å². The van der Waals surface area contributed by atoms with Crippen LogP contribution in [0.3, 0.4) is 0 Å². The minimum absolute atomic E-state index is 0.0584. The van der Waals surface area contributed by atoms with Gasteiger partial charge in [0.1, 0.15) is 4.99 Å². The van der Waals surface area contributed by atoms with Crippen LogP contribution in [-0.2, 0) is 11.0 Å². The summed E-state index contributed by atoms with van der Waals surface area (Å²) in [7, 11) is 0. The summed E-state index contributed by atoms with van der Waals surface area (Å²) >= 11 is 4.75. The quantitative estimate of drug-likeness (QED) is 0.704.